The van der Waals surface area contributed by atoms with E-state index in [1.807, 2.05) is 0 Å². The van der Waals surface area contributed by atoms with Crippen LogP contribution in [-0.4, -0.2) is 0 Å². The first-order chi connectivity index (χ1) is 7.85. The fraction of sp³-hybridized carbons (Fsp3) is 1.00. The summed E-state index contributed by atoms with van der Waals surface area (Å²) in [5.41, 5.74) is 0.477. The molecule has 17 heavy (non-hydrogen) atoms. The van der Waals surface area contributed by atoms with E-state index in [1.54, 1.807) is 0 Å². The van der Waals surface area contributed by atoms with Crippen molar-refractivity contribution in [2.24, 2.45) is 23.2 Å². The summed E-state index contributed by atoms with van der Waals surface area (Å²) in [7, 11) is 0. The highest BCUT2D eigenvalue weighted by molar-refractivity contribution is 4.78. The number of rotatable bonds is 8. The van der Waals surface area contributed by atoms with Gasteiger partial charge in [0.05, 0.1) is 0 Å². The molecule has 104 valence electrons. The van der Waals surface area contributed by atoms with Crippen molar-refractivity contribution in [3.63, 3.8) is 0 Å². The molecule has 0 fully saturated rings. The smallest absolute Gasteiger partial charge is 0.0354 e. The molecule has 0 rings (SSSR count). The highest BCUT2D eigenvalue weighted by atomic mass is 14.3. The molecular weight excluding hydrogens is 204 g/mol. The van der Waals surface area contributed by atoms with Gasteiger partial charge in [-0.3, -0.25) is 0 Å². The quantitative estimate of drug-likeness (QED) is 0.467. The molecule has 0 heteroatoms. The SMILES string of the molecule is CCCC(CC)CC(CC(C)CC)C(C)(C)C. The molecule has 0 spiro atoms. The van der Waals surface area contributed by atoms with E-state index in [0.717, 1.165) is 17.8 Å². The average Bonchev–Trinajstić information content (AvgIpc) is 2.25. The van der Waals surface area contributed by atoms with Gasteiger partial charge in [-0.2, -0.15) is 0 Å². The lowest BCUT2D eigenvalue weighted by molar-refractivity contribution is 0.155. The molecule has 3 unspecified atom stereocenters. The molecule has 0 amide bonds. The fourth-order valence-electron chi connectivity index (χ4n) is 2.75. The maximum Gasteiger partial charge on any atom is -0.0354 e. The Kier molecular flexibility index (Phi) is 8.16. The number of hydrogen-bond acceptors (Lipinski definition) is 0. The van der Waals surface area contributed by atoms with Crippen LogP contribution in [0.15, 0.2) is 0 Å². The van der Waals surface area contributed by atoms with Gasteiger partial charge in [-0.05, 0) is 36.0 Å². The zero-order chi connectivity index (χ0) is 13.5. The summed E-state index contributed by atoms with van der Waals surface area (Å²) in [6.45, 7) is 16.7. The standard InChI is InChI=1S/C17H36/c1-8-11-15(10-3)13-16(17(5,6)7)12-14(4)9-2/h14-16H,8-13H2,1-7H3. The average molecular weight is 240 g/mol. The molecule has 0 aliphatic heterocycles. The summed E-state index contributed by atoms with van der Waals surface area (Å²) in [6, 6.07) is 0. The van der Waals surface area contributed by atoms with Gasteiger partial charge in [-0.1, -0.05) is 74.1 Å². The largest absolute Gasteiger partial charge is 0.0654 e. The Bertz CT molecular complexity index is 175. The van der Waals surface area contributed by atoms with Crippen LogP contribution < -0.4 is 0 Å². The lowest BCUT2D eigenvalue weighted by Crippen LogP contribution is -2.25. The van der Waals surface area contributed by atoms with Crippen LogP contribution in [0.3, 0.4) is 0 Å². The third-order valence-corrected chi connectivity index (χ3v) is 4.50. The molecule has 3 atom stereocenters. The zero-order valence-corrected chi connectivity index (χ0v) is 13.5. The lowest BCUT2D eigenvalue weighted by atomic mass is 9.70. The van der Waals surface area contributed by atoms with E-state index in [-0.39, 0.29) is 0 Å². The van der Waals surface area contributed by atoms with Crippen molar-refractivity contribution in [1.82, 2.24) is 0 Å². The summed E-state index contributed by atoms with van der Waals surface area (Å²) in [6.07, 6.45) is 8.32. The molecule has 0 aliphatic carbocycles. The Morgan fingerprint density at radius 3 is 1.82 bits per heavy atom. The monoisotopic (exact) mass is 240 g/mol. The highest BCUT2D eigenvalue weighted by Gasteiger charge is 2.27. The second kappa shape index (κ2) is 8.16. The highest BCUT2D eigenvalue weighted by Crippen LogP contribution is 2.38. The second-order valence-electron chi connectivity index (χ2n) is 7.11. The van der Waals surface area contributed by atoms with Crippen molar-refractivity contribution in [1.29, 1.82) is 0 Å². The lowest BCUT2D eigenvalue weighted by Gasteiger charge is -2.35. The van der Waals surface area contributed by atoms with E-state index >= 15 is 0 Å². The first-order valence-corrected chi connectivity index (χ1v) is 7.85. The molecule has 0 bridgehead atoms. The van der Waals surface area contributed by atoms with Crippen LogP contribution in [-0.2, 0) is 0 Å². The first-order valence-electron chi connectivity index (χ1n) is 7.85. The van der Waals surface area contributed by atoms with E-state index in [1.165, 1.54) is 38.5 Å². The molecule has 0 saturated heterocycles. The van der Waals surface area contributed by atoms with Crippen LogP contribution in [0.5, 0.6) is 0 Å². The molecule has 0 aromatic carbocycles. The summed E-state index contributed by atoms with van der Waals surface area (Å²) in [4.78, 5) is 0. The summed E-state index contributed by atoms with van der Waals surface area (Å²) < 4.78 is 0. The summed E-state index contributed by atoms with van der Waals surface area (Å²) in [5.74, 6) is 2.74. The summed E-state index contributed by atoms with van der Waals surface area (Å²) in [5, 5.41) is 0. The third kappa shape index (κ3) is 7.11. The van der Waals surface area contributed by atoms with Gasteiger partial charge < -0.3 is 0 Å². The summed E-state index contributed by atoms with van der Waals surface area (Å²) >= 11 is 0. The molecule has 0 aromatic heterocycles. The maximum absolute atomic E-state index is 2.43. The molecule has 0 aliphatic rings. The van der Waals surface area contributed by atoms with Crippen molar-refractivity contribution in [3.8, 4) is 0 Å². The van der Waals surface area contributed by atoms with Gasteiger partial charge in [0, 0.05) is 0 Å². The molecule has 0 nitrogen and oxygen atoms in total. The van der Waals surface area contributed by atoms with Gasteiger partial charge in [0.25, 0.3) is 0 Å². The predicted molar refractivity (Wildman–Crippen MR) is 80.3 cm³/mol. The first kappa shape index (κ1) is 17.0. The van der Waals surface area contributed by atoms with E-state index < -0.39 is 0 Å². The van der Waals surface area contributed by atoms with Gasteiger partial charge in [-0.25, -0.2) is 0 Å². The molecule has 0 N–H and O–H groups in total. The Labute approximate surface area is 111 Å². The minimum atomic E-state index is 0.477. The normalized spacial score (nSPS) is 17.8. The third-order valence-electron chi connectivity index (χ3n) is 4.50. The van der Waals surface area contributed by atoms with Crippen molar-refractivity contribution >= 4 is 0 Å². The van der Waals surface area contributed by atoms with E-state index in [9.17, 15) is 0 Å². The van der Waals surface area contributed by atoms with Crippen LogP contribution in [0.4, 0.5) is 0 Å². The van der Waals surface area contributed by atoms with Gasteiger partial charge in [0.15, 0.2) is 0 Å². The van der Waals surface area contributed by atoms with E-state index in [2.05, 4.69) is 48.5 Å². The minimum absolute atomic E-state index is 0.477. The van der Waals surface area contributed by atoms with Crippen molar-refractivity contribution in [2.75, 3.05) is 0 Å². The van der Waals surface area contributed by atoms with Crippen LogP contribution in [0.25, 0.3) is 0 Å². The molecule has 0 aromatic rings. The van der Waals surface area contributed by atoms with E-state index in [0.29, 0.717) is 5.41 Å². The molecule has 0 radical (unpaired) electrons. The second-order valence-corrected chi connectivity index (χ2v) is 7.11. The Morgan fingerprint density at radius 1 is 0.882 bits per heavy atom. The van der Waals surface area contributed by atoms with Crippen molar-refractivity contribution in [2.45, 2.75) is 87.0 Å². The molecule has 0 heterocycles. The number of hydrogen-bond donors (Lipinski definition) is 0. The van der Waals surface area contributed by atoms with Gasteiger partial charge >= 0.3 is 0 Å². The van der Waals surface area contributed by atoms with Crippen LogP contribution >= 0.6 is 0 Å². The molecule has 0 saturated carbocycles. The van der Waals surface area contributed by atoms with Gasteiger partial charge in [0.2, 0.25) is 0 Å². The maximum atomic E-state index is 2.43. The minimum Gasteiger partial charge on any atom is -0.0654 e. The predicted octanol–water partition coefficient (Wildman–Crippen LogP) is 6.30. The van der Waals surface area contributed by atoms with Crippen molar-refractivity contribution < 1.29 is 0 Å². The fourth-order valence-corrected chi connectivity index (χ4v) is 2.75. The Morgan fingerprint density at radius 2 is 1.47 bits per heavy atom. The molecular formula is C17H36. The van der Waals surface area contributed by atoms with Gasteiger partial charge in [0.1, 0.15) is 0 Å². The van der Waals surface area contributed by atoms with E-state index in [4.69, 9.17) is 0 Å². The van der Waals surface area contributed by atoms with Crippen molar-refractivity contribution in [3.05, 3.63) is 0 Å². The van der Waals surface area contributed by atoms with Crippen LogP contribution in [0.1, 0.15) is 87.0 Å². The topological polar surface area (TPSA) is 0 Å². The Hall–Kier alpha value is 0. The van der Waals surface area contributed by atoms with Crippen LogP contribution in [0, 0.1) is 23.2 Å². The van der Waals surface area contributed by atoms with Gasteiger partial charge in [-0.15, -0.1) is 0 Å². The van der Waals surface area contributed by atoms with Crippen LogP contribution in [0.2, 0.25) is 0 Å². The Balaban J connectivity index is 4.47. The zero-order valence-electron chi connectivity index (χ0n) is 13.5.